The molecule has 0 fully saturated rings. The van der Waals surface area contributed by atoms with Gasteiger partial charge in [-0.25, -0.2) is 9.36 Å². The Morgan fingerprint density at radius 1 is 1.33 bits per heavy atom. The van der Waals surface area contributed by atoms with Gasteiger partial charge < -0.3 is 15.9 Å². The highest BCUT2D eigenvalue weighted by Gasteiger charge is 2.22. The number of aromatic nitrogens is 5. The second kappa shape index (κ2) is 8.41. The number of nitro benzene ring substituents is 1. The van der Waals surface area contributed by atoms with Crippen molar-refractivity contribution in [2.24, 2.45) is 0 Å². The van der Waals surface area contributed by atoms with Crippen LogP contribution in [0.3, 0.4) is 0 Å². The summed E-state index contributed by atoms with van der Waals surface area (Å²) >= 11 is 1.09. The first-order valence-electron chi connectivity index (χ1n) is 8.75. The molecule has 1 aromatic carbocycles. The summed E-state index contributed by atoms with van der Waals surface area (Å²) in [6, 6.07) is 5.83. The Morgan fingerprint density at radius 2 is 2.07 bits per heavy atom. The average Bonchev–Trinajstić information content (AvgIpc) is 3.22. The molecule has 0 aliphatic heterocycles. The molecule has 3 rings (SSSR count). The summed E-state index contributed by atoms with van der Waals surface area (Å²) in [5, 5.41) is 25.7. The highest BCUT2D eigenvalue weighted by atomic mass is 32.2. The number of ether oxygens (including phenoxy) is 1. The molecule has 0 saturated heterocycles. The summed E-state index contributed by atoms with van der Waals surface area (Å²) in [4.78, 5) is 23.1. The Hall–Kier alpha value is -3.61. The van der Waals surface area contributed by atoms with Crippen LogP contribution in [0.5, 0.6) is 5.75 Å². The van der Waals surface area contributed by atoms with E-state index < -0.39 is 16.1 Å². The molecular formula is C17H20N8O4S. The van der Waals surface area contributed by atoms with Crippen molar-refractivity contribution < 1.29 is 14.5 Å². The molecule has 3 N–H and O–H groups in total. The van der Waals surface area contributed by atoms with Crippen LogP contribution in [0.25, 0.3) is 5.95 Å². The van der Waals surface area contributed by atoms with Gasteiger partial charge in [0, 0.05) is 17.8 Å². The quantitative estimate of drug-likeness (QED) is 0.246. The van der Waals surface area contributed by atoms with E-state index in [0.717, 1.165) is 23.1 Å². The molecule has 1 amide bonds. The minimum atomic E-state index is -0.631. The van der Waals surface area contributed by atoms with E-state index in [-0.39, 0.29) is 11.4 Å². The molecule has 30 heavy (non-hydrogen) atoms. The van der Waals surface area contributed by atoms with E-state index in [1.165, 1.54) is 30.0 Å². The van der Waals surface area contributed by atoms with Crippen LogP contribution in [0.2, 0.25) is 0 Å². The van der Waals surface area contributed by atoms with Crippen LogP contribution in [0.15, 0.2) is 29.4 Å². The Labute approximate surface area is 175 Å². The zero-order valence-electron chi connectivity index (χ0n) is 16.7. The van der Waals surface area contributed by atoms with Crippen molar-refractivity contribution >= 4 is 29.0 Å². The number of aryl methyl sites for hydroxylation is 2. The van der Waals surface area contributed by atoms with Crippen LogP contribution in [0.1, 0.15) is 18.3 Å². The Kier molecular flexibility index (Phi) is 5.91. The lowest BCUT2D eigenvalue weighted by Crippen LogP contribution is -2.24. The van der Waals surface area contributed by atoms with Crippen molar-refractivity contribution in [1.29, 1.82) is 0 Å². The van der Waals surface area contributed by atoms with Gasteiger partial charge in [0.2, 0.25) is 11.1 Å². The van der Waals surface area contributed by atoms with Crippen molar-refractivity contribution in [3.8, 4) is 11.7 Å². The molecule has 0 spiro atoms. The smallest absolute Gasteiger partial charge is 0.271 e. The van der Waals surface area contributed by atoms with Crippen LogP contribution >= 0.6 is 11.8 Å². The van der Waals surface area contributed by atoms with Crippen LogP contribution in [-0.2, 0) is 4.79 Å². The Balaban J connectivity index is 1.76. The molecule has 0 radical (unpaired) electrons. The SMILES string of the molecule is COc1ccc([N+](=O)[O-])cc1NC(=O)C(C)Sc1nnc(-n2nc(C)cc2C)n1N. The van der Waals surface area contributed by atoms with Gasteiger partial charge in [-0.05, 0) is 32.9 Å². The molecule has 0 saturated carbocycles. The minimum absolute atomic E-state index is 0.164. The summed E-state index contributed by atoms with van der Waals surface area (Å²) < 4.78 is 7.98. The number of anilines is 1. The van der Waals surface area contributed by atoms with Crippen molar-refractivity contribution in [1.82, 2.24) is 24.7 Å². The number of hydrogen-bond donors (Lipinski definition) is 2. The van der Waals surface area contributed by atoms with Gasteiger partial charge in [0.1, 0.15) is 5.75 Å². The third-order valence-corrected chi connectivity index (χ3v) is 5.21. The molecule has 13 heteroatoms. The fraction of sp³-hybridized carbons (Fsp3) is 0.294. The first kappa shape index (κ1) is 21.1. The highest BCUT2D eigenvalue weighted by Crippen LogP contribution is 2.30. The average molecular weight is 432 g/mol. The molecule has 12 nitrogen and oxygen atoms in total. The third kappa shape index (κ3) is 4.20. The minimum Gasteiger partial charge on any atom is -0.495 e. The normalized spacial score (nSPS) is 11.9. The van der Waals surface area contributed by atoms with Gasteiger partial charge in [-0.2, -0.15) is 5.10 Å². The van der Waals surface area contributed by atoms with Crippen molar-refractivity contribution in [2.45, 2.75) is 31.2 Å². The topological polar surface area (TPSA) is 156 Å². The van der Waals surface area contributed by atoms with Crippen LogP contribution < -0.4 is 15.9 Å². The number of carbonyl (C=O) groups excluding carboxylic acids is 1. The molecular weight excluding hydrogens is 412 g/mol. The van der Waals surface area contributed by atoms with Gasteiger partial charge in [-0.15, -0.1) is 10.2 Å². The number of nitrogens with two attached hydrogens (primary N) is 1. The van der Waals surface area contributed by atoms with E-state index in [2.05, 4.69) is 20.6 Å². The number of rotatable bonds is 7. The molecule has 2 aromatic heterocycles. The second-order valence-corrected chi connectivity index (χ2v) is 7.69. The zero-order valence-corrected chi connectivity index (χ0v) is 17.5. The number of hydrogen-bond acceptors (Lipinski definition) is 9. The van der Waals surface area contributed by atoms with E-state index in [1.54, 1.807) is 11.6 Å². The molecule has 2 heterocycles. The fourth-order valence-electron chi connectivity index (χ4n) is 2.68. The number of methoxy groups -OCH3 is 1. The van der Waals surface area contributed by atoms with Gasteiger partial charge in [0.25, 0.3) is 11.6 Å². The largest absolute Gasteiger partial charge is 0.495 e. The number of non-ortho nitro benzene ring substituents is 1. The Morgan fingerprint density at radius 3 is 2.67 bits per heavy atom. The summed E-state index contributed by atoms with van der Waals surface area (Å²) in [6.07, 6.45) is 0. The summed E-state index contributed by atoms with van der Waals surface area (Å²) in [7, 11) is 1.41. The molecule has 1 unspecified atom stereocenters. The van der Waals surface area contributed by atoms with E-state index in [0.29, 0.717) is 16.9 Å². The molecule has 158 valence electrons. The number of carbonyl (C=O) groups is 1. The van der Waals surface area contributed by atoms with Gasteiger partial charge >= 0.3 is 0 Å². The number of nitrogens with one attached hydrogen (secondary N) is 1. The molecule has 0 aliphatic rings. The standard InChI is InChI=1S/C17H20N8O4S/c1-9-7-10(2)24(22-9)16-20-21-17(23(16)18)30-11(3)15(26)19-13-8-12(25(27)28)5-6-14(13)29-4/h5-8,11H,18H2,1-4H3,(H,19,26). The third-order valence-electron chi connectivity index (χ3n) is 4.15. The summed E-state index contributed by atoms with van der Waals surface area (Å²) in [5.41, 5.74) is 1.68. The first-order chi connectivity index (χ1) is 14.2. The monoisotopic (exact) mass is 432 g/mol. The lowest BCUT2D eigenvalue weighted by Gasteiger charge is -2.13. The van der Waals surface area contributed by atoms with Crippen molar-refractivity contribution in [3.63, 3.8) is 0 Å². The van der Waals surface area contributed by atoms with E-state index in [4.69, 9.17) is 10.6 Å². The first-order valence-corrected chi connectivity index (χ1v) is 9.63. The number of benzene rings is 1. The molecule has 0 bridgehead atoms. The van der Waals surface area contributed by atoms with Gasteiger partial charge in [0.05, 0.1) is 28.7 Å². The fourth-order valence-corrected chi connectivity index (χ4v) is 3.44. The maximum atomic E-state index is 12.6. The lowest BCUT2D eigenvalue weighted by atomic mass is 10.2. The van der Waals surface area contributed by atoms with Crippen molar-refractivity contribution in [2.75, 3.05) is 18.3 Å². The molecule has 3 aromatic rings. The van der Waals surface area contributed by atoms with Crippen molar-refractivity contribution in [3.05, 3.63) is 45.8 Å². The maximum Gasteiger partial charge on any atom is 0.271 e. The van der Waals surface area contributed by atoms with E-state index in [9.17, 15) is 14.9 Å². The van der Waals surface area contributed by atoms with Gasteiger partial charge in [0.15, 0.2) is 0 Å². The van der Waals surface area contributed by atoms with Crippen LogP contribution in [0.4, 0.5) is 11.4 Å². The van der Waals surface area contributed by atoms with Gasteiger partial charge in [-0.3, -0.25) is 14.9 Å². The number of nitrogen functional groups attached to an aromatic ring is 1. The second-order valence-electron chi connectivity index (χ2n) is 6.38. The highest BCUT2D eigenvalue weighted by molar-refractivity contribution is 8.00. The molecule has 1 atom stereocenters. The molecule has 0 aliphatic carbocycles. The Bertz CT molecular complexity index is 1110. The maximum absolute atomic E-state index is 12.6. The summed E-state index contributed by atoms with van der Waals surface area (Å²) in [6.45, 7) is 5.37. The summed E-state index contributed by atoms with van der Waals surface area (Å²) in [5.74, 6) is 6.31. The van der Waals surface area contributed by atoms with E-state index >= 15 is 0 Å². The van der Waals surface area contributed by atoms with E-state index in [1.807, 2.05) is 19.9 Å². The van der Waals surface area contributed by atoms with Crippen LogP contribution in [0, 0.1) is 24.0 Å². The number of thioether (sulfide) groups is 1. The predicted molar refractivity (Wildman–Crippen MR) is 110 cm³/mol. The lowest BCUT2D eigenvalue weighted by molar-refractivity contribution is -0.384. The number of amides is 1. The predicted octanol–water partition coefficient (Wildman–Crippen LogP) is 1.83. The van der Waals surface area contributed by atoms with Gasteiger partial charge in [-0.1, -0.05) is 11.8 Å². The van der Waals surface area contributed by atoms with Crippen LogP contribution in [-0.4, -0.2) is 47.8 Å². The zero-order chi connectivity index (χ0) is 22.0. The number of nitro groups is 1. The number of nitrogens with zero attached hydrogens (tertiary/aromatic N) is 6.